The van der Waals surface area contributed by atoms with Crippen molar-refractivity contribution in [2.75, 3.05) is 32.2 Å². The molecule has 0 bridgehead atoms. The second kappa shape index (κ2) is 8.43. The van der Waals surface area contributed by atoms with Gasteiger partial charge in [-0.1, -0.05) is 30.3 Å². The highest BCUT2D eigenvalue weighted by molar-refractivity contribution is 6.45. The minimum Gasteiger partial charge on any atom is -0.497 e. The number of anilines is 1. The van der Waals surface area contributed by atoms with Gasteiger partial charge in [0, 0.05) is 19.2 Å². The van der Waals surface area contributed by atoms with Crippen molar-refractivity contribution in [3.63, 3.8) is 0 Å². The van der Waals surface area contributed by atoms with Gasteiger partial charge < -0.3 is 19.1 Å². The highest BCUT2D eigenvalue weighted by atomic mass is 16.5. The van der Waals surface area contributed by atoms with Crippen molar-refractivity contribution >= 4 is 23.1 Å². The Kier molecular flexibility index (Phi) is 5.69. The monoisotopic (exact) mass is 422 g/mol. The molecule has 2 amide bonds. The molecule has 1 saturated heterocycles. The highest BCUT2D eigenvalue weighted by Gasteiger charge is 2.44. The van der Waals surface area contributed by atoms with E-state index in [0.717, 1.165) is 0 Å². The molecule has 2 aliphatic heterocycles. The van der Waals surface area contributed by atoms with E-state index in [-0.39, 0.29) is 24.0 Å². The van der Waals surface area contributed by atoms with Crippen LogP contribution >= 0.6 is 0 Å². The first-order valence-electron chi connectivity index (χ1n) is 10.3. The zero-order valence-electron chi connectivity index (χ0n) is 18.1. The van der Waals surface area contributed by atoms with Crippen LogP contribution in [0.3, 0.4) is 0 Å². The second-order valence-corrected chi connectivity index (χ2v) is 7.74. The molecule has 162 valence electrons. The summed E-state index contributed by atoms with van der Waals surface area (Å²) in [7, 11) is 3.04. The third-order valence-corrected chi connectivity index (χ3v) is 5.48. The first-order valence-corrected chi connectivity index (χ1v) is 10.3. The number of hydrogen-bond donors (Lipinski definition) is 0. The summed E-state index contributed by atoms with van der Waals surface area (Å²) in [4.78, 5) is 30.6. The molecule has 2 aliphatic rings. The molecule has 7 heteroatoms. The number of benzene rings is 2. The average Bonchev–Trinajstić information content (AvgIpc) is 3.03. The number of amides is 2. The lowest BCUT2D eigenvalue weighted by Gasteiger charge is -2.37. The van der Waals surface area contributed by atoms with Crippen LogP contribution in [-0.4, -0.2) is 56.2 Å². The van der Waals surface area contributed by atoms with Crippen LogP contribution in [0, 0.1) is 0 Å². The number of morpholine rings is 1. The fourth-order valence-electron chi connectivity index (χ4n) is 4.23. The maximum absolute atomic E-state index is 13.7. The van der Waals surface area contributed by atoms with Gasteiger partial charge in [-0.05, 0) is 31.5 Å². The molecule has 2 aromatic carbocycles. The minimum atomic E-state index is -0.385. The Morgan fingerprint density at radius 3 is 2.19 bits per heavy atom. The number of ether oxygens (including phenoxy) is 3. The van der Waals surface area contributed by atoms with Gasteiger partial charge in [0.05, 0.1) is 37.7 Å². The molecule has 2 aromatic rings. The van der Waals surface area contributed by atoms with Crippen LogP contribution in [0.1, 0.15) is 19.4 Å². The Morgan fingerprint density at radius 2 is 1.58 bits per heavy atom. The SMILES string of the molecule is COc1ccc(OC)c(N2C(=O)C(c3ccccc3)=C(N3CC(C)OC(C)C3)C2=O)c1. The van der Waals surface area contributed by atoms with Crippen molar-refractivity contribution in [1.82, 2.24) is 4.90 Å². The summed E-state index contributed by atoms with van der Waals surface area (Å²) in [5, 5.41) is 0. The molecule has 4 rings (SSSR count). The molecule has 0 radical (unpaired) electrons. The van der Waals surface area contributed by atoms with Gasteiger partial charge in [-0.25, -0.2) is 4.90 Å². The number of carbonyl (C=O) groups is 2. The Balaban J connectivity index is 1.86. The van der Waals surface area contributed by atoms with E-state index in [0.29, 0.717) is 47.1 Å². The van der Waals surface area contributed by atoms with E-state index >= 15 is 0 Å². The second-order valence-electron chi connectivity index (χ2n) is 7.74. The molecule has 2 heterocycles. The predicted molar refractivity (Wildman–Crippen MR) is 117 cm³/mol. The Morgan fingerprint density at radius 1 is 0.903 bits per heavy atom. The van der Waals surface area contributed by atoms with Crippen molar-refractivity contribution in [2.24, 2.45) is 0 Å². The number of hydrogen-bond acceptors (Lipinski definition) is 6. The smallest absolute Gasteiger partial charge is 0.282 e. The van der Waals surface area contributed by atoms with E-state index in [4.69, 9.17) is 14.2 Å². The van der Waals surface area contributed by atoms with E-state index < -0.39 is 0 Å². The van der Waals surface area contributed by atoms with E-state index in [1.165, 1.54) is 19.1 Å². The topological polar surface area (TPSA) is 68.3 Å². The first-order chi connectivity index (χ1) is 14.9. The number of carbonyl (C=O) groups excluding carboxylic acids is 2. The van der Waals surface area contributed by atoms with Gasteiger partial charge in [0.25, 0.3) is 11.8 Å². The molecule has 0 spiro atoms. The summed E-state index contributed by atoms with van der Waals surface area (Å²) >= 11 is 0. The molecular formula is C24H26N2O5. The first kappa shape index (κ1) is 20.9. The van der Waals surface area contributed by atoms with Crippen LogP contribution < -0.4 is 14.4 Å². The van der Waals surface area contributed by atoms with Crippen molar-refractivity contribution in [3.8, 4) is 11.5 Å². The Labute approximate surface area is 181 Å². The van der Waals surface area contributed by atoms with Crippen LogP contribution in [0.2, 0.25) is 0 Å². The van der Waals surface area contributed by atoms with Gasteiger partial charge in [0.2, 0.25) is 0 Å². The molecule has 0 aromatic heterocycles. The molecule has 31 heavy (non-hydrogen) atoms. The molecule has 1 fully saturated rings. The molecular weight excluding hydrogens is 396 g/mol. The maximum Gasteiger partial charge on any atom is 0.282 e. The van der Waals surface area contributed by atoms with Crippen molar-refractivity contribution in [1.29, 1.82) is 0 Å². The molecule has 7 nitrogen and oxygen atoms in total. The molecule has 0 aliphatic carbocycles. The highest BCUT2D eigenvalue weighted by Crippen LogP contribution is 2.40. The van der Waals surface area contributed by atoms with Crippen LogP contribution in [0.15, 0.2) is 54.2 Å². The lowest BCUT2D eigenvalue weighted by atomic mass is 10.0. The predicted octanol–water partition coefficient (Wildman–Crippen LogP) is 3.10. The number of nitrogens with zero attached hydrogens (tertiary/aromatic N) is 2. The molecule has 2 unspecified atom stereocenters. The summed E-state index contributed by atoms with van der Waals surface area (Å²) in [6.07, 6.45) is -0.117. The van der Waals surface area contributed by atoms with Crippen LogP contribution in [0.25, 0.3) is 5.57 Å². The van der Waals surface area contributed by atoms with E-state index in [2.05, 4.69) is 0 Å². The van der Waals surface area contributed by atoms with Crippen molar-refractivity contribution in [2.45, 2.75) is 26.1 Å². The molecule has 2 atom stereocenters. The van der Waals surface area contributed by atoms with Crippen molar-refractivity contribution < 1.29 is 23.8 Å². The Hall–Kier alpha value is -3.32. The maximum atomic E-state index is 13.7. The zero-order chi connectivity index (χ0) is 22.1. The number of methoxy groups -OCH3 is 2. The van der Waals surface area contributed by atoms with Gasteiger partial charge in [-0.15, -0.1) is 0 Å². The lowest BCUT2D eigenvalue weighted by molar-refractivity contribution is -0.121. The third-order valence-electron chi connectivity index (χ3n) is 5.48. The number of imide groups is 1. The summed E-state index contributed by atoms with van der Waals surface area (Å²) < 4.78 is 16.6. The standard InChI is InChI=1S/C24H26N2O5/c1-15-13-25(14-16(2)31-15)22-21(17-8-6-5-7-9-17)23(27)26(24(22)28)19-12-18(29-3)10-11-20(19)30-4/h5-12,15-16H,13-14H2,1-4H3. The van der Waals surface area contributed by atoms with Crippen LogP contribution in [-0.2, 0) is 14.3 Å². The summed E-state index contributed by atoms with van der Waals surface area (Å²) in [5.41, 5.74) is 1.83. The van der Waals surface area contributed by atoms with Gasteiger partial charge in [0.1, 0.15) is 17.2 Å². The number of rotatable bonds is 5. The molecule has 0 N–H and O–H groups in total. The lowest BCUT2D eigenvalue weighted by Crippen LogP contribution is -2.47. The summed E-state index contributed by atoms with van der Waals surface area (Å²) in [6.45, 7) is 4.99. The Bertz CT molecular complexity index is 1020. The van der Waals surface area contributed by atoms with Crippen molar-refractivity contribution in [3.05, 3.63) is 59.8 Å². The zero-order valence-corrected chi connectivity index (χ0v) is 18.1. The summed E-state index contributed by atoms with van der Waals surface area (Å²) in [5.74, 6) is 0.181. The van der Waals surface area contributed by atoms with E-state index in [1.54, 1.807) is 18.2 Å². The van der Waals surface area contributed by atoms with Gasteiger partial charge in [-0.3, -0.25) is 9.59 Å². The fourth-order valence-corrected chi connectivity index (χ4v) is 4.23. The average molecular weight is 422 g/mol. The van der Waals surface area contributed by atoms with E-state index in [1.807, 2.05) is 49.1 Å². The van der Waals surface area contributed by atoms with Crippen LogP contribution in [0.4, 0.5) is 5.69 Å². The largest absolute Gasteiger partial charge is 0.497 e. The quantitative estimate of drug-likeness (QED) is 0.690. The summed E-state index contributed by atoms with van der Waals surface area (Å²) in [6, 6.07) is 14.4. The van der Waals surface area contributed by atoms with Gasteiger partial charge in [0.15, 0.2) is 0 Å². The minimum absolute atomic E-state index is 0.0587. The van der Waals surface area contributed by atoms with Gasteiger partial charge >= 0.3 is 0 Å². The third kappa shape index (κ3) is 3.77. The van der Waals surface area contributed by atoms with Crippen LogP contribution in [0.5, 0.6) is 11.5 Å². The van der Waals surface area contributed by atoms with E-state index in [9.17, 15) is 9.59 Å². The normalized spacial score (nSPS) is 21.7. The van der Waals surface area contributed by atoms with Gasteiger partial charge in [-0.2, -0.15) is 0 Å². The fraction of sp³-hybridized carbons (Fsp3) is 0.333. The molecule has 0 saturated carbocycles.